The topological polar surface area (TPSA) is 39.4 Å². The second kappa shape index (κ2) is 5.08. The molecule has 100 valence electrons. The Hall–Kier alpha value is -1.77. The Balaban J connectivity index is 2.21. The van der Waals surface area contributed by atoms with Gasteiger partial charge in [-0.05, 0) is 50.3 Å². The molecular formula is C16H18O3. The number of fused-ring (bicyclic) bond motifs is 3. The van der Waals surface area contributed by atoms with E-state index in [0.717, 1.165) is 42.4 Å². The van der Waals surface area contributed by atoms with Gasteiger partial charge in [-0.3, -0.25) is 0 Å². The Kier molecular flexibility index (Phi) is 3.28. The average Bonchev–Trinajstić information content (AvgIpc) is 2.65. The zero-order valence-corrected chi connectivity index (χ0v) is 11.2. The van der Waals surface area contributed by atoms with Crippen molar-refractivity contribution in [1.82, 2.24) is 0 Å². The molecule has 3 heteroatoms. The summed E-state index contributed by atoms with van der Waals surface area (Å²) in [6.07, 6.45) is 5.25. The highest BCUT2D eigenvalue weighted by molar-refractivity contribution is 5.82. The van der Waals surface area contributed by atoms with Gasteiger partial charge in [0.05, 0.1) is 6.61 Å². The second-order valence-electron chi connectivity index (χ2n) is 5.00. The Morgan fingerprint density at radius 2 is 1.95 bits per heavy atom. The van der Waals surface area contributed by atoms with Gasteiger partial charge in [0, 0.05) is 17.0 Å². The third-order valence-electron chi connectivity index (χ3n) is 3.76. The summed E-state index contributed by atoms with van der Waals surface area (Å²) >= 11 is 0. The molecule has 3 rings (SSSR count). The summed E-state index contributed by atoms with van der Waals surface area (Å²) < 4.78 is 10.9. The highest BCUT2D eigenvalue weighted by Gasteiger charge is 2.17. The fourth-order valence-electron chi connectivity index (χ4n) is 2.86. The van der Waals surface area contributed by atoms with Gasteiger partial charge < -0.3 is 9.15 Å². The number of aryl methyl sites for hydroxylation is 1. The molecule has 0 N–H and O–H groups in total. The first-order valence-corrected chi connectivity index (χ1v) is 7.01. The molecule has 1 aromatic carbocycles. The number of ether oxygens (including phenoxy) is 1. The van der Waals surface area contributed by atoms with Gasteiger partial charge in [-0.2, -0.15) is 0 Å². The molecular weight excluding hydrogens is 240 g/mol. The fourth-order valence-corrected chi connectivity index (χ4v) is 2.86. The van der Waals surface area contributed by atoms with E-state index in [9.17, 15) is 4.79 Å². The number of hydrogen-bond donors (Lipinski definition) is 0. The van der Waals surface area contributed by atoms with Crippen molar-refractivity contribution in [1.29, 1.82) is 0 Å². The third-order valence-corrected chi connectivity index (χ3v) is 3.76. The Bertz CT molecular complexity index is 655. The maximum atomic E-state index is 12.1. The van der Waals surface area contributed by atoms with Gasteiger partial charge in [-0.15, -0.1) is 0 Å². The van der Waals surface area contributed by atoms with E-state index < -0.39 is 0 Å². The Morgan fingerprint density at radius 1 is 1.16 bits per heavy atom. The van der Waals surface area contributed by atoms with Gasteiger partial charge >= 0.3 is 5.63 Å². The van der Waals surface area contributed by atoms with E-state index in [2.05, 4.69) is 0 Å². The molecule has 0 unspecified atom stereocenters. The number of benzene rings is 1. The quantitative estimate of drug-likeness (QED) is 0.611. The summed E-state index contributed by atoms with van der Waals surface area (Å²) in [4.78, 5) is 12.1. The Labute approximate surface area is 112 Å². The molecule has 19 heavy (non-hydrogen) atoms. The van der Waals surface area contributed by atoms with Crippen molar-refractivity contribution in [2.24, 2.45) is 0 Å². The van der Waals surface area contributed by atoms with Crippen molar-refractivity contribution < 1.29 is 9.15 Å². The Morgan fingerprint density at radius 3 is 2.74 bits per heavy atom. The third kappa shape index (κ3) is 2.25. The molecule has 0 bridgehead atoms. The maximum Gasteiger partial charge on any atom is 0.339 e. The van der Waals surface area contributed by atoms with Gasteiger partial charge in [-0.25, -0.2) is 4.79 Å². The summed E-state index contributed by atoms with van der Waals surface area (Å²) in [5.41, 5.74) is 2.55. The first-order valence-electron chi connectivity index (χ1n) is 7.01. The fraction of sp³-hybridized carbons (Fsp3) is 0.438. The van der Waals surface area contributed by atoms with Crippen molar-refractivity contribution >= 4 is 11.0 Å². The molecule has 0 saturated heterocycles. The molecule has 0 amide bonds. The summed E-state index contributed by atoms with van der Waals surface area (Å²) in [7, 11) is 0. The molecule has 0 saturated carbocycles. The van der Waals surface area contributed by atoms with Crippen molar-refractivity contribution in [3.8, 4) is 5.75 Å². The van der Waals surface area contributed by atoms with Gasteiger partial charge in [-0.1, -0.05) is 6.42 Å². The average molecular weight is 258 g/mol. The van der Waals surface area contributed by atoms with Crippen LogP contribution in [-0.4, -0.2) is 6.61 Å². The molecule has 1 aliphatic rings. The van der Waals surface area contributed by atoms with Crippen LogP contribution in [0.2, 0.25) is 0 Å². The van der Waals surface area contributed by atoms with Crippen LogP contribution in [0.25, 0.3) is 11.0 Å². The van der Waals surface area contributed by atoms with E-state index in [1.807, 2.05) is 25.1 Å². The van der Waals surface area contributed by atoms with Crippen LogP contribution in [0.15, 0.2) is 27.4 Å². The minimum atomic E-state index is -0.168. The van der Waals surface area contributed by atoms with Gasteiger partial charge in [0.2, 0.25) is 0 Å². The zero-order chi connectivity index (χ0) is 13.2. The summed E-state index contributed by atoms with van der Waals surface area (Å²) in [5, 5.41) is 1.07. The van der Waals surface area contributed by atoms with E-state index in [1.165, 1.54) is 12.0 Å². The maximum absolute atomic E-state index is 12.1. The van der Waals surface area contributed by atoms with Gasteiger partial charge in [0.25, 0.3) is 0 Å². The molecule has 0 aliphatic heterocycles. The molecule has 0 radical (unpaired) electrons. The molecule has 0 atom stereocenters. The van der Waals surface area contributed by atoms with Crippen LogP contribution in [0, 0.1) is 0 Å². The predicted octanol–water partition coefficient (Wildman–Crippen LogP) is 3.46. The second-order valence-corrected chi connectivity index (χ2v) is 5.00. The van der Waals surface area contributed by atoms with Gasteiger partial charge in [0.1, 0.15) is 11.3 Å². The van der Waals surface area contributed by atoms with E-state index in [-0.39, 0.29) is 5.63 Å². The lowest BCUT2D eigenvalue weighted by Crippen LogP contribution is -2.10. The first-order chi connectivity index (χ1) is 9.29. The van der Waals surface area contributed by atoms with Crippen LogP contribution >= 0.6 is 0 Å². The molecule has 3 nitrogen and oxygen atoms in total. The summed E-state index contributed by atoms with van der Waals surface area (Å²) in [6, 6.07) is 5.80. The van der Waals surface area contributed by atoms with Crippen molar-refractivity contribution in [3.63, 3.8) is 0 Å². The normalized spacial score (nSPS) is 15.0. The molecule has 1 heterocycles. The monoisotopic (exact) mass is 258 g/mol. The lowest BCUT2D eigenvalue weighted by Gasteiger charge is -2.09. The standard InChI is InChI=1S/C16H18O3/c1-2-18-11-8-9-13-12-6-4-3-5-7-14(12)16(17)19-15(13)10-11/h8-10H,2-7H2,1H3. The lowest BCUT2D eigenvalue weighted by molar-refractivity contribution is 0.340. The van der Waals surface area contributed by atoms with Crippen molar-refractivity contribution in [2.75, 3.05) is 6.61 Å². The van der Waals surface area contributed by atoms with Crippen LogP contribution in [0.3, 0.4) is 0 Å². The van der Waals surface area contributed by atoms with Crippen LogP contribution in [0.4, 0.5) is 0 Å². The lowest BCUT2D eigenvalue weighted by atomic mass is 10.0. The molecule has 1 aromatic heterocycles. The van der Waals surface area contributed by atoms with Crippen molar-refractivity contribution in [3.05, 3.63) is 39.7 Å². The SMILES string of the molecule is CCOc1ccc2c3c(c(=O)oc2c1)CCCCC3. The summed E-state index contributed by atoms with van der Waals surface area (Å²) in [6.45, 7) is 2.55. The van der Waals surface area contributed by atoms with Crippen LogP contribution in [0.5, 0.6) is 5.75 Å². The molecule has 0 fully saturated rings. The van der Waals surface area contributed by atoms with Crippen LogP contribution in [0.1, 0.15) is 37.3 Å². The number of rotatable bonds is 2. The summed E-state index contributed by atoms with van der Waals surface area (Å²) in [5.74, 6) is 0.756. The highest BCUT2D eigenvalue weighted by Crippen LogP contribution is 2.28. The van der Waals surface area contributed by atoms with E-state index in [4.69, 9.17) is 9.15 Å². The van der Waals surface area contributed by atoms with Crippen LogP contribution in [-0.2, 0) is 12.8 Å². The smallest absolute Gasteiger partial charge is 0.339 e. The van der Waals surface area contributed by atoms with E-state index in [1.54, 1.807) is 0 Å². The number of hydrogen-bond acceptors (Lipinski definition) is 3. The predicted molar refractivity (Wildman–Crippen MR) is 74.9 cm³/mol. The van der Waals surface area contributed by atoms with Gasteiger partial charge in [0.15, 0.2) is 0 Å². The van der Waals surface area contributed by atoms with Crippen molar-refractivity contribution in [2.45, 2.75) is 39.0 Å². The van der Waals surface area contributed by atoms with E-state index >= 15 is 0 Å². The molecule has 2 aromatic rings. The first kappa shape index (κ1) is 12.3. The minimum absolute atomic E-state index is 0.168. The molecule has 0 spiro atoms. The highest BCUT2D eigenvalue weighted by atomic mass is 16.5. The largest absolute Gasteiger partial charge is 0.494 e. The molecule has 1 aliphatic carbocycles. The van der Waals surface area contributed by atoms with Crippen LogP contribution < -0.4 is 10.4 Å². The zero-order valence-electron chi connectivity index (χ0n) is 11.2. The minimum Gasteiger partial charge on any atom is -0.494 e. The van der Waals surface area contributed by atoms with E-state index in [0.29, 0.717) is 12.2 Å².